The molecule has 0 aliphatic carbocycles. The molecule has 0 spiro atoms. The highest BCUT2D eigenvalue weighted by Crippen LogP contribution is 2.30. The molecule has 3 aromatic carbocycles. The van der Waals surface area contributed by atoms with Crippen molar-refractivity contribution in [2.24, 2.45) is 0 Å². The molecule has 5 aromatic rings. The maximum absolute atomic E-state index is 13.9. The lowest BCUT2D eigenvalue weighted by atomic mass is 10.1. The highest BCUT2D eigenvalue weighted by molar-refractivity contribution is 7.98. The minimum Gasteiger partial charge on any atom is -0.485 e. The predicted molar refractivity (Wildman–Crippen MR) is 132 cm³/mol. The van der Waals surface area contributed by atoms with E-state index in [-0.39, 0.29) is 18.2 Å². The Morgan fingerprint density at radius 2 is 1.57 bits per heavy atom. The van der Waals surface area contributed by atoms with Gasteiger partial charge in [-0.2, -0.15) is 8.78 Å². The van der Waals surface area contributed by atoms with E-state index in [1.54, 1.807) is 24.3 Å². The van der Waals surface area contributed by atoms with Crippen molar-refractivity contribution in [2.75, 3.05) is 0 Å². The van der Waals surface area contributed by atoms with Crippen LogP contribution in [0.3, 0.4) is 0 Å². The molecule has 2 aromatic heterocycles. The summed E-state index contributed by atoms with van der Waals surface area (Å²) in [4.78, 5) is 4.43. The Hall–Kier alpha value is -3.72. The number of aryl methyl sites for hydroxylation is 2. The standard InChI is InChI=1S/C26H23F2N5OS/c1-17-9-8-10-18(2)24(17)34-15-22-30-31-26(32(22)19-11-4-3-5-12-19)35-16-23-29-20-13-6-7-14-21(20)33(23)25(27)28/h3-14,25H,15-16H2,1-2H3. The van der Waals surface area contributed by atoms with E-state index in [0.29, 0.717) is 22.0 Å². The number of ether oxygens (including phenoxy) is 1. The molecule has 0 radical (unpaired) electrons. The maximum atomic E-state index is 13.9. The lowest BCUT2D eigenvalue weighted by Gasteiger charge is -2.14. The van der Waals surface area contributed by atoms with E-state index >= 15 is 0 Å². The molecule has 0 fully saturated rings. The number of halogens is 2. The number of hydrogen-bond donors (Lipinski definition) is 0. The minimum atomic E-state index is -2.69. The monoisotopic (exact) mass is 491 g/mol. The van der Waals surface area contributed by atoms with Crippen LogP contribution in [0.5, 0.6) is 5.75 Å². The Bertz CT molecular complexity index is 1450. The van der Waals surface area contributed by atoms with E-state index in [0.717, 1.165) is 27.1 Å². The first-order chi connectivity index (χ1) is 17.0. The Labute approximate surface area is 205 Å². The first-order valence-electron chi connectivity index (χ1n) is 11.1. The Morgan fingerprint density at radius 3 is 2.31 bits per heavy atom. The zero-order valence-electron chi connectivity index (χ0n) is 19.2. The molecule has 5 rings (SSSR count). The van der Waals surface area contributed by atoms with E-state index in [9.17, 15) is 8.78 Å². The summed E-state index contributed by atoms with van der Waals surface area (Å²) < 4.78 is 36.7. The minimum absolute atomic E-state index is 0.210. The Balaban J connectivity index is 1.46. The van der Waals surface area contributed by atoms with Crippen LogP contribution in [0.15, 0.2) is 78.0 Å². The van der Waals surface area contributed by atoms with E-state index < -0.39 is 6.55 Å². The van der Waals surface area contributed by atoms with Gasteiger partial charge in [0.25, 0.3) is 0 Å². The number of thioether (sulfide) groups is 1. The van der Waals surface area contributed by atoms with Gasteiger partial charge in [-0.05, 0) is 49.2 Å². The second-order valence-corrected chi connectivity index (χ2v) is 8.97. The average Bonchev–Trinajstić information content (AvgIpc) is 3.44. The number of alkyl halides is 2. The van der Waals surface area contributed by atoms with Crippen LogP contribution in [0.4, 0.5) is 8.78 Å². The van der Waals surface area contributed by atoms with Crippen molar-refractivity contribution in [3.63, 3.8) is 0 Å². The Morgan fingerprint density at radius 1 is 0.857 bits per heavy atom. The molecular formula is C26H23F2N5OS. The van der Waals surface area contributed by atoms with Crippen LogP contribution in [0, 0.1) is 13.8 Å². The van der Waals surface area contributed by atoms with Crippen LogP contribution >= 0.6 is 11.8 Å². The van der Waals surface area contributed by atoms with Gasteiger partial charge in [0.2, 0.25) is 0 Å². The summed E-state index contributed by atoms with van der Waals surface area (Å²) in [5, 5.41) is 9.31. The fraction of sp³-hybridized carbons (Fsp3) is 0.192. The number of fused-ring (bicyclic) bond motifs is 1. The molecule has 0 unspecified atom stereocenters. The van der Waals surface area contributed by atoms with E-state index in [4.69, 9.17) is 4.74 Å². The number of imidazole rings is 1. The fourth-order valence-electron chi connectivity index (χ4n) is 4.03. The summed E-state index contributed by atoms with van der Waals surface area (Å²) in [6.45, 7) is 1.52. The fourth-order valence-corrected chi connectivity index (χ4v) is 4.93. The molecule has 0 amide bonds. The molecule has 0 aliphatic heterocycles. The van der Waals surface area contributed by atoms with E-state index in [1.807, 2.05) is 66.9 Å². The van der Waals surface area contributed by atoms with Gasteiger partial charge in [0.1, 0.15) is 18.2 Å². The van der Waals surface area contributed by atoms with Crippen molar-refractivity contribution < 1.29 is 13.5 Å². The van der Waals surface area contributed by atoms with Crippen LogP contribution in [0.25, 0.3) is 16.7 Å². The normalized spacial score (nSPS) is 11.5. The number of nitrogens with zero attached hydrogens (tertiary/aromatic N) is 5. The number of rotatable bonds is 8. The van der Waals surface area contributed by atoms with Crippen LogP contribution in [-0.2, 0) is 12.4 Å². The predicted octanol–water partition coefficient (Wildman–Crippen LogP) is 6.50. The second-order valence-electron chi connectivity index (χ2n) is 8.03. The van der Waals surface area contributed by atoms with Crippen molar-refractivity contribution in [3.8, 4) is 11.4 Å². The number of benzene rings is 3. The SMILES string of the molecule is Cc1cccc(C)c1OCc1nnc(SCc2nc3ccccc3n2C(F)F)n1-c1ccccc1. The first kappa shape index (κ1) is 23.0. The third-order valence-electron chi connectivity index (χ3n) is 5.66. The van der Waals surface area contributed by atoms with Gasteiger partial charge < -0.3 is 4.74 Å². The third-order valence-corrected chi connectivity index (χ3v) is 6.59. The van der Waals surface area contributed by atoms with Gasteiger partial charge >= 0.3 is 6.55 Å². The smallest absolute Gasteiger partial charge is 0.320 e. The number of hydrogen-bond acceptors (Lipinski definition) is 5. The van der Waals surface area contributed by atoms with Crippen LogP contribution < -0.4 is 4.74 Å². The van der Waals surface area contributed by atoms with Crippen molar-refractivity contribution in [2.45, 2.75) is 37.9 Å². The van der Waals surface area contributed by atoms with Crippen molar-refractivity contribution in [1.82, 2.24) is 24.3 Å². The zero-order chi connectivity index (χ0) is 24.4. The molecule has 0 saturated heterocycles. The molecule has 6 nitrogen and oxygen atoms in total. The molecule has 0 bridgehead atoms. The molecule has 0 atom stereocenters. The average molecular weight is 492 g/mol. The quantitative estimate of drug-likeness (QED) is 0.232. The summed E-state index contributed by atoms with van der Waals surface area (Å²) >= 11 is 1.31. The molecule has 0 aliphatic rings. The van der Waals surface area contributed by atoms with Crippen LogP contribution in [0.2, 0.25) is 0 Å². The first-order valence-corrected chi connectivity index (χ1v) is 12.1. The van der Waals surface area contributed by atoms with Gasteiger partial charge in [-0.1, -0.05) is 60.3 Å². The Kier molecular flexibility index (Phi) is 6.50. The number of para-hydroxylation sites is 4. The molecule has 0 saturated carbocycles. The lowest BCUT2D eigenvalue weighted by Crippen LogP contribution is -2.08. The molecule has 9 heteroatoms. The zero-order valence-corrected chi connectivity index (χ0v) is 20.0. The molecule has 35 heavy (non-hydrogen) atoms. The largest absolute Gasteiger partial charge is 0.485 e. The van der Waals surface area contributed by atoms with Gasteiger partial charge in [-0.15, -0.1) is 10.2 Å². The highest BCUT2D eigenvalue weighted by atomic mass is 32.2. The van der Waals surface area contributed by atoms with Gasteiger partial charge in [-0.25, -0.2) is 4.98 Å². The second kappa shape index (κ2) is 9.87. The maximum Gasteiger partial charge on any atom is 0.320 e. The van der Waals surface area contributed by atoms with Gasteiger partial charge in [0.15, 0.2) is 11.0 Å². The third kappa shape index (κ3) is 4.64. The topological polar surface area (TPSA) is 57.8 Å². The van der Waals surface area contributed by atoms with E-state index in [1.165, 1.54) is 11.8 Å². The summed E-state index contributed by atoms with van der Waals surface area (Å²) in [6.07, 6.45) is 0. The van der Waals surface area contributed by atoms with Crippen molar-refractivity contribution in [1.29, 1.82) is 0 Å². The van der Waals surface area contributed by atoms with Gasteiger partial charge in [0, 0.05) is 5.69 Å². The van der Waals surface area contributed by atoms with Crippen molar-refractivity contribution in [3.05, 3.63) is 95.6 Å². The summed E-state index contributed by atoms with van der Waals surface area (Å²) in [5.41, 5.74) is 3.89. The lowest BCUT2D eigenvalue weighted by molar-refractivity contribution is 0.0722. The number of aromatic nitrogens is 5. The summed E-state index contributed by atoms with van der Waals surface area (Å²) in [6, 6.07) is 22.6. The summed E-state index contributed by atoms with van der Waals surface area (Å²) in [7, 11) is 0. The molecule has 178 valence electrons. The molecule has 0 N–H and O–H groups in total. The molecule has 2 heterocycles. The van der Waals surface area contributed by atoms with Crippen LogP contribution in [-0.4, -0.2) is 24.3 Å². The highest BCUT2D eigenvalue weighted by Gasteiger charge is 2.20. The van der Waals surface area contributed by atoms with Gasteiger partial charge in [0.05, 0.1) is 16.8 Å². The van der Waals surface area contributed by atoms with E-state index in [2.05, 4.69) is 15.2 Å². The van der Waals surface area contributed by atoms with Crippen molar-refractivity contribution >= 4 is 22.8 Å². The summed E-state index contributed by atoms with van der Waals surface area (Å²) in [5.74, 6) is 1.92. The van der Waals surface area contributed by atoms with Crippen LogP contribution in [0.1, 0.15) is 29.3 Å². The molecular weight excluding hydrogens is 468 g/mol. The van der Waals surface area contributed by atoms with Gasteiger partial charge in [-0.3, -0.25) is 9.13 Å².